The fourth-order valence-electron chi connectivity index (χ4n) is 5.24. The maximum absolute atomic E-state index is 14.2. The molecule has 6 rings (SSSR count). The number of esters is 1. The van der Waals surface area contributed by atoms with E-state index in [2.05, 4.69) is 0 Å². The van der Waals surface area contributed by atoms with Crippen LogP contribution in [-0.4, -0.2) is 36.3 Å². The summed E-state index contributed by atoms with van der Waals surface area (Å²) in [6.45, 7) is 1.85. The van der Waals surface area contributed by atoms with Crippen LogP contribution in [0.25, 0.3) is 23.1 Å². The third kappa shape index (κ3) is 5.61. The van der Waals surface area contributed by atoms with Crippen molar-refractivity contribution in [1.29, 1.82) is 0 Å². The Kier molecular flexibility index (Phi) is 8.36. The highest BCUT2D eigenvalue weighted by atomic mass is 32.1. The molecule has 3 heterocycles. The lowest BCUT2D eigenvalue weighted by Gasteiger charge is -2.26. The first kappa shape index (κ1) is 30.3. The molecule has 0 bridgehead atoms. The molecule has 5 aromatic rings. The summed E-state index contributed by atoms with van der Waals surface area (Å²) in [6.07, 6.45) is 1.61. The van der Waals surface area contributed by atoms with E-state index in [1.54, 1.807) is 55.5 Å². The number of thiazole rings is 1. The zero-order valence-corrected chi connectivity index (χ0v) is 25.8. The number of nitro benzene ring substituents is 1. The van der Waals surface area contributed by atoms with Crippen molar-refractivity contribution < 1.29 is 28.3 Å². The SMILES string of the molecule is CCOC(=O)C1=C(c2ccccc2)N=c2s/c(=C\c3ccc(-c4ccc([N+](=O)[O-])cc4)o3)c(=O)n2[C@H]1c1ccc(OC)c(OC)c1. The summed E-state index contributed by atoms with van der Waals surface area (Å²) < 4.78 is 24.3. The van der Waals surface area contributed by atoms with E-state index in [0.29, 0.717) is 54.7 Å². The number of aromatic nitrogens is 1. The number of hydrogen-bond donors (Lipinski definition) is 0. The zero-order chi connectivity index (χ0) is 32.4. The Hall–Kier alpha value is -5.75. The van der Waals surface area contributed by atoms with Gasteiger partial charge in [0.15, 0.2) is 16.3 Å². The average Bonchev–Trinajstić information content (AvgIpc) is 3.68. The molecule has 0 saturated heterocycles. The molecule has 0 N–H and O–H groups in total. The Bertz CT molecular complexity index is 2160. The van der Waals surface area contributed by atoms with E-state index in [1.807, 2.05) is 30.3 Å². The summed E-state index contributed by atoms with van der Waals surface area (Å²) in [4.78, 5) is 43.7. The van der Waals surface area contributed by atoms with Crippen molar-refractivity contribution in [2.45, 2.75) is 13.0 Å². The zero-order valence-electron chi connectivity index (χ0n) is 25.0. The maximum Gasteiger partial charge on any atom is 0.338 e. The van der Waals surface area contributed by atoms with Crippen LogP contribution in [0.1, 0.15) is 29.9 Å². The van der Waals surface area contributed by atoms with Gasteiger partial charge in [0.25, 0.3) is 11.2 Å². The number of rotatable bonds is 9. The largest absolute Gasteiger partial charge is 0.493 e. The van der Waals surface area contributed by atoms with Gasteiger partial charge in [0.2, 0.25) is 0 Å². The Labute approximate surface area is 266 Å². The van der Waals surface area contributed by atoms with Gasteiger partial charge in [0.05, 0.1) is 47.6 Å². The van der Waals surface area contributed by atoms with E-state index in [4.69, 9.17) is 23.6 Å². The second-order valence-corrected chi connectivity index (χ2v) is 11.1. The molecule has 0 radical (unpaired) electrons. The number of nitro groups is 1. The Morgan fingerprint density at radius 3 is 2.41 bits per heavy atom. The topological polar surface area (TPSA) is 135 Å². The minimum Gasteiger partial charge on any atom is -0.493 e. The standard InChI is InChI=1S/C34H27N3O8S/c1-4-44-33(39)29-30(21-8-6-5-7-9-21)35-34-36(31(29)22-12-16-26(42-2)27(18-22)43-3)32(38)28(46-34)19-24-15-17-25(45-24)20-10-13-23(14-11-20)37(40)41/h5-19,31H,4H2,1-3H3/b28-19-/t31-/m0/s1. The van der Waals surface area contributed by atoms with E-state index in [0.717, 1.165) is 11.3 Å². The summed E-state index contributed by atoms with van der Waals surface area (Å²) in [6, 6.07) is 23.0. The van der Waals surface area contributed by atoms with Crippen LogP contribution in [-0.2, 0) is 9.53 Å². The molecule has 0 saturated carbocycles. The molecule has 1 aliphatic rings. The number of furan rings is 1. The van der Waals surface area contributed by atoms with Crippen molar-refractivity contribution in [2.75, 3.05) is 20.8 Å². The highest BCUT2D eigenvalue weighted by Gasteiger charge is 2.35. The first-order valence-corrected chi connectivity index (χ1v) is 15.0. The molecule has 1 aliphatic heterocycles. The molecular weight excluding hydrogens is 610 g/mol. The number of nitrogens with zero attached hydrogens (tertiary/aromatic N) is 3. The highest BCUT2D eigenvalue weighted by Crippen LogP contribution is 2.38. The summed E-state index contributed by atoms with van der Waals surface area (Å²) in [7, 11) is 3.04. The molecule has 11 nitrogen and oxygen atoms in total. The molecule has 0 fully saturated rings. The Balaban J connectivity index is 1.54. The van der Waals surface area contributed by atoms with Crippen molar-refractivity contribution in [1.82, 2.24) is 4.57 Å². The molecule has 0 aliphatic carbocycles. The third-order valence-electron chi connectivity index (χ3n) is 7.36. The van der Waals surface area contributed by atoms with E-state index >= 15 is 0 Å². The van der Waals surface area contributed by atoms with Gasteiger partial charge < -0.3 is 18.6 Å². The summed E-state index contributed by atoms with van der Waals surface area (Å²) >= 11 is 1.16. The fraction of sp³-hybridized carbons (Fsp3) is 0.147. The number of non-ortho nitro benzene ring substituents is 1. The van der Waals surface area contributed by atoms with Crippen molar-refractivity contribution >= 4 is 34.8 Å². The van der Waals surface area contributed by atoms with Gasteiger partial charge >= 0.3 is 5.97 Å². The average molecular weight is 638 g/mol. The molecule has 232 valence electrons. The van der Waals surface area contributed by atoms with Crippen LogP contribution in [0.15, 0.2) is 105 Å². The minimum absolute atomic E-state index is 0.0299. The number of benzene rings is 3. The lowest BCUT2D eigenvalue weighted by Crippen LogP contribution is -2.40. The molecular formula is C34H27N3O8S. The van der Waals surface area contributed by atoms with Crippen LogP contribution in [0.5, 0.6) is 11.5 Å². The van der Waals surface area contributed by atoms with E-state index in [-0.39, 0.29) is 23.4 Å². The highest BCUT2D eigenvalue weighted by molar-refractivity contribution is 7.07. The first-order valence-electron chi connectivity index (χ1n) is 14.2. The monoisotopic (exact) mass is 637 g/mol. The van der Waals surface area contributed by atoms with Crippen molar-refractivity contribution in [3.63, 3.8) is 0 Å². The quantitative estimate of drug-likeness (QED) is 0.123. The van der Waals surface area contributed by atoms with Gasteiger partial charge in [-0.25, -0.2) is 9.79 Å². The smallest absolute Gasteiger partial charge is 0.338 e. The number of ether oxygens (including phenoxy) is 3. The van der Waals surface area contributed by atoms with Crippen molar-refractivity contribution in [3.05, 3.63) is 137 Å². The van der Waals surface area contributed by atoms with E-state index in [1.165, 1.54) is 30.9 Å². The van der Waals surface area contributed by atoms with Crippen LogP contribution < -0.4 is 24.4 Å². The van der Waals surface area contributed by atoms with Gasteiger partial charge in [-0.2, -0.15) is 0 Å². The Morgan fingerprint density at radius 2 is 1.74 bits per heavy atom. The molecule has 1 atom stereocenters. The number of methoxy groups -OCH3 is 2. The number of carbonyl (C=O) groups excluding carboxylic acids is 1. The lowest BCUT2D eigenvalue weighted by atomic mass is 9.93. The second kappa shape index (κ2) is 12.7. The molecule has 0 unspecified atom stereocenters. The first-order chi connectivity index (χ1) is 22.3. The third-order valence-corrected chi connectivity index (χ3v) is 8.34. The predicted molar refractivity (Wildman–Crippen MR) is 171 cm³/mol. The van der Waals surface area contributed by atoms with Crippen LogP contribution >= 0.6 is 11.3 Å². The van der Waals surface area contributed by atoms with Gasteiger partial charge in [-0.15, -0.1) is 0 Å². The van der Waals surface area contributed by atoms with Gasteiger partial charge in [-0.3, -0.25) is 19.5 Å². The fourth-order valence-corrected chi connectivity index (χ4v) is 6.22. The predicted octanol–water partition coefficient (Wildman–Crippen LogP) is 5.12. The number of fused-ring (bicyclic) bond motifs is 1. The molecule has 0 spiro atoms. The van der Waals surface area contributed by atoms with Crippen LogP contribution in [0.4, 0.5) is 5.69 Å². The summed E-state index contributed by atoms with van der Waals surface area (Å²) in [5.41, 5.74) is 2.11. The van der Waals surface area contributed by atoms with Gasteiger partial charge in [-0.1, -0.05) is 47.7 Å². The van der Waals surface area contributed by atoms with Crippen molar-refractivity contribution in [2.24, 2.45) is 4.99 Å². The number of hydrogen-bond acceptors (Lipinski definition) is 10. The summed E-state index contributed by atoms with van der Waals surface area (Å²) in [5.74, 6) is 1.20. The van der Waals surface area contributed by atoms with Crippen molar-refractivity contribution in [3.8, 4) is 22.8 Å². The summed E-state index contributed by atoms with van der Waals surface area (Å²) in [5, 5.41) is 11.0. The normalized spacial score (nSPS) is 14.4. The lowest BCUT2D eigenvalue weighted by molar-refractivity contribution is -0.384. The molecule has 0 amide bonds. The number of carbonyl (C=O) groups is 1. The molecule has 12 heteroatoms. The minimum atomic E-state index is -0.903. The molecule has 3 aromatic carbocycles. The van der Waals surface area contributed by atoms with Crippen LogP contribution in [0, 0.1) is 10.1 Å². The second-order valence-electron chi connectivity index (χ2n) is 10.1. The van der Waals surface area contributed by atoms with Gasteiger partial charge in [-0.05, 0) is 48.9 Å². The Morgan fingerprint density at radius 1 is 1.00 bits per heavy atom. The molecule has 46 heavy (non-hydrogen) atoms. The van der Waals surface area contributed by atoms with Gasteiger partial charge in [0.1, 0.15) is 11.5 Å². The van der Waals surface area contributed by atoms with E-state index < -0.39 is 16.9 Å². The van der Waals surface area contributed by atoms with Gasteiger partial charge in [0, 0.05) is 29.3 Å². The maximum atomic E-state index is 14.2. The van der Waals surface area contributed by atoms with Crippen LogP contribution in [0.2, 0.25) is 0 Å². The molecule has 2 aromatic heterocycles. The van der Waals surface area contributed by atoms with E-state index in [9.17, 15) is 19.7 Å². The van der Waals surface area contributed by atoms with Crippen LogP contribution in [0.3, 0.4) is 0 Å².